The summed E-state index contributed by atoms with van der Waals surface area (Å²) in [6.45, 7) is 6.33. The summed E-state index contributed by atoms with van der Waals surface area (Å²) in [6, 6.07) is 2.28. The SMILES string of the molecule is CCCCCCCCCCCCCCOC(=O)C(CC(C)C)NC(=O)c1c(F)cccc1F. The topological polar surface area (TPSA) is 55.4 Å². The Morgan fingerprint density at radius 3 is 1.82 bits per heavy atom. The summed E-state index contributed by atoms with van der Waals surface area (Å²) in [6.07, 6.45) is 15.0. The molecule has 0 fully saturated rings. The number of hydrogen-bond acceptors (Lipinski definition) is 3. The summed E-state index contributed by atoms with van der Waals surface area (Å²) < 4.78 is 33.1. The molecule has 1 amide bonds. The van der Waals surface area contributed by atoms with Gasteiger partial charge >= 0.3 is 5.97 Å². The number of carbonyl (C=O) groups is 2. The third kappa shape index (κ3) is 12.7. The van der Waals surface area contributed by atoms with E-state index in [4.69, 9.17) is 4.74 Å². The summed E-state index contributed by atoms with van der Waals surface area (Å²) >= 11 is 0. The van der Waals surface area contributed by atoms with Crippen molar-refractivity contribution in [2.24, 2.45) is 5.92 Å². The summed E-state index contributed by atoms with van der Waals surface area (Å²) in [5, 5.41) is 2.45. The predicted molar refractivity (Wildman–Crippen MR) is 129 cm³/mol. The fraction of sp³-hybridized carbons (Fsp3) is 0.704. The van der Waals surface area contributed by atoms with E-state index < -0.39 is 35.1 Å². The lowest BCUT2D eigenvalue weighted by Gasteiger charge is -2.19. The van der Waals surface area contributed by atoms with Gasteiger partial charge in [0.1, 0.15) is 23.2 Å². The van der Waals surface area contributed by atoms with Crippen LogP contribution in [0.1, 0.15) is 115 Å². The van der Waals surface area contributed by atoms with Crippen molar-refractivity contribution in [2.75, 3.05) is 6.61 Å². The van der Waals surface area contributed by atoms with Gasteiger partial charge in [0, 0.05) is 0 Å². The highest BCUT2D eigenvalue weighted by Gasteiger charge is 2.26. The van der Waals surface area contributed by atoms with Gasteiger partial charge in [-0.25, -0.2) is 13.6 Å². The highest BCUT2D eigenvalue weighted by molar-refractivity contribution is 5.97. The first-order chi connectivity index (χ1) is 15.9. The molecule has 0 aliphatic heterocycles. The number of esters is 1. The number of hydrogen-bond donors (Lipinski definition) is 1. The van der Waals surface area contributed by atoms with Crippen LogP contribution in [-0.2, 0) is 9.53 Å². The highest BCUT2D eigenvalue weighted by atomic mass is 19.1. The van der Waals surface area contributed by atoms with Gasteiger partial charge in [-0.2, -0.15) is 0 Å². The van der Waals surface area contributed by atoms with E-state index in [9.17, 15) is 18.4 Å². The zero-order valence-electron chi connectivity index (χ0n) is 20.8. The van der Waals surface area contributed by atoms with Crippen molar-refractivity contribution in [2.45, 2.75) is 110 Å². The van der Waals surface area contributed by atoms with E-state index in [1.807, 2.05) is 13.8 Å². The Morgan fingerprint density at radius 1 is 0.848 bits per heavy atom. The van der Waals surface area contributed by atoms with Gasteiger partial charge in [-0.3, -0.25) is 4.79 Å². The van der Waals surface area contributed by atoms with Gasteiger partial charge in [0.2, 0.25) is 0 Å². The Hall–Kier alpha value is -1.98. The quantitative estimate of drug-likeness (QED) is 0.181. The van der Waals surface area contributed by atoms with Crippen molar-refractivity contribution >= 4 is 11.9 Å². The molecule has 1 aromatic rings. The molecule has 0 saturated heterocycles. The standard InChI is InChI=1S/C27H43F2NO3/c1-4-5-6-7-8-9-10-11-12-13-14-15-19-33-27(32)24(20-21(2)3)30-26(31)25-22(28)17-16-18-23(25)29/h16-18,21,24H,4-15,19-20H2,1-3H3,(H,30,31). The van der Waals surface area contributed by atoms with Gasteiger partial charge in [0.25, 0.3) is 5.91 Å². The Morgan fingerprint density at radius 2 is 1.33 bits per heavy atom. The minimum atomic E-state index is -0.958. The maximum absolute atomic E-state index is 13.9. The first-order valence-electron chi connectivity index (χ1n) is 12.8. The summed E-state index contributed by atoms with van der Waals surface area (Å²) in [5.74, 6) is -3.32. The second kappa shape index (κ2) is 17.5. The molecule has 1 unspecified atom stereocenters. The number of rotatable bonds is 18. The molecule has 1 aromatic carbocycles. The number of ether oxygens (including phenoxy) is 1. The average molecular weight is 468 g/mol. The van der Waals surface area contributed by atoms with Crippen LogP contribution >= 0.6 is 0 Å². The van der Waals surface area contributed by atoms with Gasteiger partial charge in [-0.05, 0) is 30.9 Å². The molecular formula is C27H43F2NO3. The summed E-state index contributed by atoms with van der Waals surface area (Å²) in [7, 11) is 0. The lowest BCUT2D eigenvalue weighted by Crippen LogP contribution is -2.43. The molecule has 1 N–H and O–H groups in total. The molecule has 33 heavy (non-hydrogen) atoms. The van der Waals surface area contributed by atoms with Crippen molar-refractivity contribution < 1.29 is 23.1 Å². The van der Waals surface area contributed by atoms with Crippen LogP contribution in [0.4, 0.5) is 8.78 Å². The third-order valence-corrected chi connectivity index (χ3v) is 5.73. The molecule has 0 saturated carbocycles. The monoisotopic (exact) mass is 467 g/mol. The first kappa shape index (κ1) is 29.1. The van der Waals surface area contributed by atoms with Crippen LogP contribution < -0.4 is 5.32 Å². The molecule has 0 aromatic heterocycles. The van der Waals surface area contributed by atoms with Gasteiger partial charge in [-0.1, -0.05) is 97.5 Å². The van der Waals surface area contributed by atoms with Crippen molar-refractivity contribution in [1.29, 1.82) is 0 Å². The highest BCUT2D eigenvalue weighted by Crippen LogP contribution is 2.15. The minimum absolute atomic E-state index is 0.0972. The maximum Gasteiger partial charge on any atom is 0.328 e. The van der Waals surface area contributed by atoms with Crippen LogP contribution in [-0.4, -0.2) is 24.5 Å². The lowest BCUT2D eigenvalue weighted by atomic mass is 10.0. The third-order valence-electron chi connectivity index (χ3n) is 5.73. The Bertz CT molecular complexity index is 674. The van der Waals surface area contributed by atoms with Gasteiger partial charge in [-0.15, -0.1) is 0 Å². The predicted octanol–water partition coefficient (Wildman–Crippen LogP) is 7.35. The minimum Gasteiger partial charge on any atom is -0.464 e. The summed E-state index contributed by atoms with van der Waals surface area (Å²) in [4.78, 5) is 24.9. The largest absolute Gasteiger partial charge is 0.464 e. The van der Waals surface area contributed by atoms with Crippen LogP contribution in [0.15, 0.2) is 18.2 Å². The van der Waals surface area contributed by atoms with Crippen LogP contribution in [0.25, 0.3) is 0 Å². The van der Waals surface area contributed by atoms with Gasteiger partial charge in [0.15, 0.2) is 0 Å². The van der Waals surface area contributed by atoms with Gasteiger partial charge < -0.3 is 10.1 Å². The summed E-state index contributed by atoms with van der Waals surface area (Å²) in [5.41, 5.74) is -0.681. The van der Waals surface area contributed by atoms with E-state index in [0.29, 0.717) is 6.42 Å². The van der Waals surface area contributed by atoms with Crippen LogP contribution in [0.3, 0.4) is 0 Å². The van der Waals surface area contributed by atoms with E-state index in [0.717, 1.165) is 31.4 Å². The van der Waals surface area contributed by atoms with Crippen LogP contribution in [0.2, 0.25) is 0 Å². The van der Waals surface area contributed by atoms with Crippen molar-refractivity contribution in [1.82, 2.24) is 5.32 Å². The molecule has 188 valence electrons. The average Bonchev–Trinajstić information content (AvgIpc) is 2.76. The molecule has 0 aliphatic carbocycles. The molecular weight excluding hydrogens is 424 g/mol. The Kier molecular flexibility index (Phi) is 15.4. The Labute approximate surface area is 198 Å². The molecule has 1 rings (SSSR count). The van der Waals surface area contributed by atoms with Crippen LogP contribution in [0, 0.1) is 17.6 Å². The maximum atomic E-state index is 13.9. The second-order valence-electron chi connectivity index (χ2n) is 9.31. The Balaban J connectivity index is 2.27. The smallest absolute Gasteiger partial charge is 0.328 e. The van der Waals surface area contributed by atoms with E-state index in [-0.39, 0.29) is 12.5 Å². The van der Waals surface area contributed by atoms with E-state index >= 15 is 0 Å². The molecule has 0 radical (unpaired) electrons. The molecule has 6 heteroatoms. The lowest BCUT2D eigenvalue weighted by molar-refractivity contribution is -0.146. The molecule has 0 bridgehead atoms. The number of nitrogens with one attached hydrogen (secondary N) is 1. The zero-order valence-corrected chi connectivity index (χ0v) is 20.8. The number of halogens is 2. The molecule has 1 atom stereocenters. The van der Waals surface area contributed by atoms with E-state index in [1.165, 1.54) is 63.9 Å². The van der Waals surface area contributed by atoms with Crippen molar-refractivity contribution in [3.63, 3.8) is 0 Å². The fourth-order valence-electron chi connectivity index (χ4n) is 3.85. The number of carbonyl (C=O) groups excluding carboxylic acids is 2. The van der Waals surface area contributed by atoms with Crippen molar-refractivity contribution in [3.05, 3.63) is 35.4 Å². The number of amides is 1. The zero-order chi connectivity index (χ0) is 24.5. The molecule has 0 heterocycles. The molecule has 0 aliphatic rings. The van der Waals surface area contributed by atoms with Gasteiger partial charge in [0.05, 0.1) is 6.61 Å². The van der Waals surface area contributed by atoms with Crippen molar-refractivity contribution in [3.8, 4) is 0 Å². The van der Waals surface area contributed by atoms with E-state index in [2.05, 4.69) is 12.2 Å². The molecule has 4 nitrogen and oxygen atoms in total. The normalized spacial score (nSPS) is 12.1. The first-order valence-corrected chi connectivity index (χ1v) is 12.8. The van der Waals surface area contributed by atoms with E-state index in [1.54, 1.807) is 0 Å². The molecule has 0 spiro atoms. The second-order valence-corrected chi connectivity index (χ2v) is 9.31. The fourth-order valence-corrected chi connectivity index (χ4v) is 3.85. The van der Waals surface area contributed by atoms with Crippen LogP contribution in [0.5, 0.6) is 0 Å². The number of unbranched alkanes of at least 4 members (excludes halogenated alkanes) is 11. The number of benzene rings is 1.